The Labute approximate surface area is 167 Å². The highest BCUT2D eigenvalue weighted by Crippen LogP contribution is 2.57. The highest BCUT2D eigenvalue weighted by atomic mass is 35.5. The van der Waals surface area contributed by atoms with Crippen LogP contribution in [0.1, 0.15) is 18.4 Å². The molecule has 0 bridgehead atoms. The van der Waals surface area contributed by atoms with Crippen LogP contribution < -0.4 is 15.2 Å². The van der Waals surface area contributed by atoms with Crippen molar-refractivity contribution in [1.82, 2.24) is 0 Å². The number of carbonyl (C=O) groups is 1. The van der Waals surface area contributed by atoms with Crippen LogP contribution in [-0.2, 0) is 19.4 Å². The number of fused-ring (bicyclic) bond motifs is 1. The number of hydrogen-bond acceptors (Lipinski definition) is 7. The SMILES string of the molecule is CCOC(=O)[C@]1(N)[C@H](c2ccc3c(c2)OCO3)[C@H]1S(=O)(=O)c1ccc(Cl)cc1. The smallest absolute Gasteiger partial charge is 0.328 e. The van der Waals surface area contributed by atoms with Gasteiger partial charge in [0, 0.05) is 10.9 Å². The van der Waals surface area contributed by atoms with Gasteiger partial charge in [0.15, 0.2) is 21.3 Å². The molecular formula is C19H18ClNO6S. The Hall–Kier alpha value is -2.29. The van der Waals surface area contributed by atoms with Crippen LogP contribution >= 0.6 is 11.6 Å². The van der Waals surface area contributed by atoms with Crippen LogP contribution in [0.15, 0.2) is 47.4 Å². The van der Waals surface area contributed by atoms with Gasteiger partial charge >= 0.3 is 5.97 Å². The van der Waals surface area contributed by atoms with Crippen LogP contribution in [-0.4, -0.2) is 38.6 Å². The summed E-state index contributed by atoms with van der Waals surface area (Å²) < 4.78 is 42.3. The number of halogens is 1. The van der Waals surface area contributed by atoms with Crippen molar-refractivity contribution in [3.8, 4) is 11.5 Å². The largest absolute Gasteiger partial charge is 0.465 e. The minimum absolute atomic E-state index is 0.0456. The van der Waals surface area contributed by atoms with Crippen LogP contribution in [0.5, 0.6) is 11.5 Å². The first kappa shape index (κ1) is 19.0. The molecule has 2 aliphatic rings. The Morgan fingerprint density at radius 3 is 2.57 bits per heavy atom. The molecule has 1 fully saturated rings. The maximum atomic E-state index is 13.3. The molecule has 1 aliphatic heterocycles. The Kier molecular flexibility index (Phi) is 4.52. The number of rotatable bonds is 5. The van der Waals surface area contributed by atoms with Gasteiger partial charge in [-0.05, 0) is 48.9 Å². The number of esters is 1. The fourth-order valence-corrected chi connectivity index (χ4v) is 5.99. The molecule has 2 N–H and O–H groups in total. The van der Waals surface area contributed by atoms with E-state index in [0.717, 1.165) is 0 Å². The van der Waals surface area contributed by atoms with Crippen molar-refractivity contribution in [2.24, 2.45) is 5.73 Å². The Morgan fingerprint density at radius 2 is 1.89 bits per heavy atom. The maximum absolute atomic E-state index is 13.3. The summed E-state index contributed by atoms with van der Waals surface area (Å²) in [6.45, 7) is 1.82. The third-order valence-electron chi connectivity index (χ3n) is 5.04. The normalized spacial score (nSPS) is 25.4. The lowest BCUT2D eigenvalue weighted by molar-refractivity contribution is -0.145. The molecule has 9 heteroatoms. The van der Waals surface area contributed by atoms with Crippen molar-refractivity contribution in [2.75, 3.05) is 13.4 Å². The van der Waals surface area contributed by atoms with E-state index in [4.69, 9.17) is 31.5 Å². The van der Waals surface area contributed by atoms with Gasteiger partial charge in [-0.25, -0.2) is 13.2 Å². The van der Waals surface area contributed by atoms with Crippen LogP contribution in [0.4, 0.5) is 0 Å². The van der Waals surface area contributed by atoms with E-state index in [2.05, 4.69) is 0 Å². The van der Waals surface area contributed by atoms with E-state index in [0.29, 0.717) is 22.1 Å². The number of hydrogen-bond donors (Lipinski definition) is 1. The van der Waals surface area contributed by atoms with Crippen LogP contribution in [0, 0.1) is 0 Å². The van der Waals surface area contributed by atoms with Gasteiger partial charge in [-0.1, -0.05) is 17.7 Å². The van der Waals surface area contributed by atoms with E-state index in [9.17, 15) is 13.2 Å². The molecule has 0 aromatic heterocycles. The monoisotopic (exact) mass is 423 g/mol. The fraction of sp³-hybridized carbons (Fsp3) is 0.316. The zero-order valence-electron chi connectivity index (χ0n) is 14.9. The van der Waals surface area contributed by atoms with Gasteiger partial charge in [-0.3, -0.25) is 0 Å². The van der Waals surface area contributed by atoms with Crippen LogP contribution in [0.25, 0.3) is 0 Å². The van der Waals surface area contributed by atoms with E-state index < -0.39 is 32.5 Å². The van der Waals surface area contributed by atoms with E-state index in [1.165, 1.54) is 24.3 Å². The summed E-state index contributed by atoms with van der Waals surface area (Å²) in [5.41, 5.74) is 5.22. The molecule has 4 rings (SSSR count). The first-order chi connectivity index (χ1) is 13.3. The average molecular weight is 424 g/mol. The van der Waals surface area contributed by atoms with Crippen LogP contribution in [0.2, 0.25) is 5.02 Å². The van der Waals surface area contributed by atoms with Crippen molar-refractivity contribution in [2.45, 2.75) is 28.5 Å². The van der Waals surface area contributed by atoms with Crippen molar-refractivity contribution >= 4 is 27.4 Å². The molecule has 0 unspecified atom stereocenters. The van der Waals surface area contributed by atoms with Crippen molar-refractivity contribution in [3.05, 3.63) is 53.1 Å². The van der Waals surface area contributed by atoms with E-state index >= 15 is 0 Å². The molecule has 148 valence electrons. The highest BCUT2D eigenvalue weighted by Gasteiger charge is 2.74. The summed E-state index contributed by atoms with van der Waals surface area (Å²) in [6.07, 6.45) is 0. The summed E-state index contributed by atoms with van der Waals surface area (Å²) in [5, 5.41) is -0.757. The molecular weight excluding hydrogens is 406 g/mol. The molecule has 2 aromatic rings. The van der Waals surface area contributed by atoms with Gasteiger partial charge in [0.05, 0.1) is 11.5 Å². The second kappa shape index (κ2) is 6.65. The van der Waals surface area contributed by atoms with E-state index in [1.54, 1.807) is 25.1 Å². The number of nitrogens with two attached hydrogens (primary N) is 1. The Bertz CT molecular complexity index is 1040. The zero-order valence-corrected chi connectivity index (χ0v) is 16.5. The molecule has 0 radical (unpaired) electrons. The molecule has 0 saturated heterocycles. The lowest BCUT2D eigenvalue weighted by Crippen LogP contribution is -2.41. The summed E-state index contributed by atoms with van der Waals surface area (Å²) in [6, 6.07) is 10.8. The van der Waals surface area contributed by atoms with Crippen molar-refractivity contribution in [1.29, 1.82) is 0 Å². The van der Waals surface area contributed by atoms with Gasteiger partial charge in [-0.2, -0.15) is 0 Å². The summed E-state index contributed by atoms with van der Waals surface area (Å²) in [5.74, 6) is -0.486. The number of carbonyl (C=O) groups excluding carboxylic acids is 1. The predicted molar refractivity (Wildman–Crippen MR) is 101 cm³/mol. The highest BCUT2D eigenvalue weighted by molar-refractivity contribution is 7.92. The van der Waals surface area contributed by atoms with Gasteiger partial charge in [0.1, 0.15) is 10.8 Å². The third kappa shape index (κ3) is 2.83. The molecule has 7 nitrogen and oxygen atoms in total. The summed E-state index contributed by atoms with van der Waals surface area (Å²) in [4.78, 5) is 12.6. The van der Waals surface area contributed by atoms with Gasteiger partial charge < -0.3 is 19.9 Å². The fourth-order valence-electron chi connectivity index (χ4n) is 3.64. The molecule has 1 saturated carbocycles. The quantitative estimate of drug-likeness (QED) is 0.735. The third-order valence-corrected chi connectivity index (χ3v) is 7.55. The van der Waals surface area contributed by atoms with Crippen molar-refractivity contribution in [3.63, 3.8) is 0 Å². The first-order valence-electron chi connectivity index (χ1n) is 8.65. The first-order valence-corrected chi connectivity index (χ1v) is 10.6. The lowest BCUT2D eigenvalue weighted by atomic mass is 10.1. The van der Waals surface area contributed by atoms with E-state index in [-0.39, 0.29) is 18.3 Å². The number of ether oxygens (including phenoxy) is 3. The van der Waals surface area contributed by atoms with Gasteiger partial charge in [-0.15, -0.1) is 0 Å². The molecule has 28 heavy (non-hydrogen) atoms. The predicted octanol–water partition coefficient (Wildman–Crippen LogP) is 2.27. The second-order valence-corrected chi connectivity index (χ2v) is 9.17. The zero-order chi connectivity index (χ0) is 20.1. The standard InChI is InChI=1S/C19H18ClNO6S/c1-2-25-18(22)19(21)16(11-3-8-14-15(9-11)27-10-26-14)17(19)28(23,24)13-6-4-12(20)5-7-13/h3-9,16-17H,2,10,21H2,1H3/t16-,17-,19+/m1/s1. The summed E-state index contributed by atoms with van der Waals surface area (Å²) >= 11 is 5.86. The molecule has 1 heterocycles. The second-order valence-electron chi connectivity index (χ2n) is 6.66. The minimum Gasteiger partial charge on any atom is -0.465 e. The molecule has 3 atom stereocenters. The lowest BCUT2D eigenvalue weighted by Gasteiger charge is -2.11. The van der Waals surface area contributed by atoms with E-state index in [1.807, 2.05) is 0 Å². The minimum atomic E-state index is -3.92. The Balaban J connectivity index is 1.77. The summed E-state index contributed by atoms with van der Waals surface area (Å²) in [7, 11) is -3.92. The Morgan fingerprint density at radius 1 is 1.21 bits per heavy atom. The molecule has 1 aliphatic carbocycles. The van der Waals surface area contributed by atoms with Crippen molar-refractivity contribution < 1.29 is 27.4 Å². The molecule has 2 aromatic carbocycles. The molecule has 0 spiro atoms. The average Bonchev–Trinajstić information content (AvgIpc) is 3.07. The molecule has 0 amide bonds. The van der Waals surface area contributed by atoms with Crippen LogP contribution in [0.3, 0.4) is 0 Å². The maximum Gasteiger partial charge on any atom is 0.328 e. The van der Waals surface area contributed by atoms with Gasteiger partial charge in [0.2, 0.25) is 6.79 Å². The van der Waals surface area contributed by atoms with Gasteiger partial charge in [0.25, 0.3) is 0 Å². The number of sulfone groups is 1. The topological polar surface area (TPSA) is 105 Å². The number of benzene rings is 2.